The minimum Gasteiger partial charge on any atom is -0.493 e. The molecule has 0 unspecified atom stereocenters. The van der Waals surface area contributed by atoms with E-state index in [9.17, 15) is 4.79 Å². The zero-order chi connectivity index (χ0) is 15.1. The number of hydrogen-bond donors (Lipinski definition) is 0. The molecule has 0 aliphatic heterocycles. The van der Waals surface area contributed by atoms with Crippen LogP contribution in [0, 0.1) is 6.92 Å². The van der Waals surface area contributed by atoms with Crippen molar-refractivity contribution < 1.29 is 19.0 Å². The number of hydrogen-bond acceptors (Lipinski definition) is 4. The molecule has 0 atom stereocenters. The first kappa shape index (κ1) is 14.9. The molecule has 0 fully saturated rings. The summed E-state index contributed by atoms with van der Waals surface area (Å²) >= 11 is 0. The standard InChI is InChI=1S/C17H18O4/c1-13-3-6-15(7-4-13)20-9-10-21-16-8-5-14(12-18)11-17(16)19-2/h3-8,11-12H,9-10H2,1-2H3. The summed E-state index contributed by atoms with van der Waals surface area (Å²) in [4.78, 5) is 10.7. The van der Waals surface area contributed by atoms with Crippen molar-refractivity contribution in [2.24, 2.45) is 0 Å². The first-order valence-corrected chi connectivity index (χ1v) is 6.68. The molecule has 0 saturated carbocycles. The highest BCUT2D eigenvalue weighted by Gasteiger charge is 2.05. The largest absolute Gasteiger partial charge is 0.493 e. The van der Waals surface area contributed by atoms with E-state index in [0.29, 0.717) is 30.3 Å². The zero-order valence-electron chi connectivity index (χ0n) is 12.2. The van der Waals surface area contributed by atoms with E-state index in [1.54, 1.807) is 25.3 Å². The predicted octanol–water partition coefficient (Wildman–Crippen LogP) is 3.27. The van der Waals surface area contributed by atoms with Crippen LogP contribution >= 0.6 is 0 Å². The van der Waals surface area contributed by atoms with Gasteiger partial charge in [0.25, 0.3) is 0 Å². The summed E-state index contributed by atoms with van der Waals surface area (Å²) in [5.74, 6) is 1.94. The number of methoxy groups -OCH3 is 1. The zero-order valence-corrected chi connectivity index (χ0v) is 12.2. The SMILES string of the molecule is COc1cc(C=O)ccc1OCCOc1ccc(C)cc1. The van der Waals surface area contributed by atoms with E-state index in [4.69, 9.17) is 14.2 Å². The number of ether oxygens (including phenoxy) is 3. The minimum atomic E-state index is 0.394. The van der Waals surface area contributed by atoms with Crippen molar-refractivity contribution in [3.05, 3.63) is 53.6 Å². The van der Waals surface area contributed by atoms with Crippen molar-refractivity contribution in [3.8, 4) is 17.2 Å². The highest BCUT2D eigenvalue weighted by Crippen LogP contribution is 2.27. The first-order valence-electron chi connectivity index (χ1n) is 6.68. The Balaban J connectivity index is 1.85. The van der Waals surface area contributed by atoms with Crippen LogP contribution in [0.5, 0.6) is 17.2 Å². The molecule has 0 aromatic heterocycles. The topological polar surface area (TPSA) is 44.8 Å². The van der Waals surface area contributed by atoms with Crippen molar-refractivity contribution in [2.45, 2.75) is 6.92 Å². The van der Waals surface area contributed by atoms with E-state index in [1.165, 1.54) is 5.56 Å². The molecule has 0 amide bonds. The van der Waals surface area contributed by atoms with Gasteiger partial charge in [0, 0.05) is 5.56 Å². The maximum Gasteiger partial charge on any atom is 0.161 e. The molecule has 0 N–H and O–H groups in total. The van der Waals surface area contributed by atoms with E-state index in [1.807, 2.05) is 31.2 Å². The second kappa shape index (κ2) is 7.33. The summed E-state index contributed by atoms with van der Waals surface area (Å²) < 4.78 is 16.4. The maximum atomic E-state index is 10.7. The molecule has 0 radical (unpaired) electrons. The lowest BCUT2D eigenvalue weighted by Gasteiger charge is -2.11. The van der Waals surface area contributed by atoms with Crippen LogP contribution in [0.2, 0.25) is 0 Å². The third kappa shape index (κ3) is 4.24. The molecule has 0 saturated heterocycles. The highest BCUT2D eigenvalue weighted by atomic mass is 16.5. The van der Waals surface area contributed by atoms with E-state index in [0.717, 1.165) is 12.0 Å². The van der Waals surface area contributed by atoms with Gasteiger partial charge in [0.1, 0.15) is 25.2 Å². The van der Waals surface area contributed by atoms with Crippen molar-refractivity contribution >= 4 is 6.29 Å². The quantitative estimate of drug-likeness (QED) is 0.579. The normalized spacial score (nSPS) is 10.0. The lowest BCUT2D eigenvalue weighted by Crippen LogP contribution is -2.09. The molecule has 0 spiro atoms. The second-order valence-electron chi connectivity index (χ2n) is 4.54. The third-order valence-electron chi connectivity index (χ3n) is 2.95. The summed E-state index contributed by atoms with van der Waals surface area (Å²) in [5.41, 5.74) is 1.74. The highest BCUT2D eigenvalue weighted by molar-refractivity contribution is 5.76. The molecule has 0 aliphatic carbocycles. The Bertz CT molecular complexity index is 590. The maximum absolute atomic E-state index is 10.7. The Kier molecular flexibility index (Phi) is 5.21. The lowest BCUT2D eigenvalue weighted by molar-refractivity contribution is 0.112. The van der Waals surface area contributed by atoms with Gasteiger partial charge in [0.05, 0.1) is 7.11 Å². The van der Waals surface area contributed by atoms with Gasteiger partial charge in [-0.2, -0.15) is 0 Å². The van der Waals surface area contributed by atoms with Crippen LogP contribution in [-0.4, -0.2) is 26.6 Å². The van der Waals surface area contributed by atoms with Crippen LogP contribution in [-0.2, 0) is 0 Å². The predicted molar refractivity (Wildman–Crippen MR) is 80.6 cm³/mol. The van der Waals surface area contributed by atoms with Crippen LogP contribution in [0.15, 0.2) is 42.5 Å². The fourth-order valence-electron chi connectivity index (χ4n) is 1.82. The number of benzene rings is 2. The fraction of sp³-hybridized carbons (Fsp3) is 0.235. The molecule has 0 bridgehead atoms. The molecule has 110 valence electrons. The van der Waals surface area contributed by atoms with Gasteiger partial charge in [0.2, 0.25) is 0 Å². The Morgan fingerprint density at radius 1 is 0.952 bits per heavy atom. The van der Waals surface area contributed by atoms with Crippen molar-refractivity contribution in [3.63, 3.8) is 0 Å². The molecule has 21 heavy (non-hydrogen) atoms. The van der Waals surface area contributed by atoms with Crippen molar-refractivity contribution in [1.29, 1.82) is 0 Å². The molecule has 0 heterocycles. The van der Waals surface area contributed by atoms with Crippen LogP contribution < -0.4 is 14.2 Å². The Labute approximate surface area is 124 Å². The summed E-state index contributed by atoms with van der Waals surface area (Å²) in [6.45, 7) is 2.86. The number of aldehydes is 1. The first-order chi connectivity index (χ1) is 10.2. The Morgan fingerprint density at radius 2 is 1.67 bits per heavy atom. The third-order valence-corrected chi connectivity index (χ3v) is 2.95. The van der Waals surface area contributed by atoms with Gasteiger partial charge in [-0.05, 0) is 37.3 Å². The van der Waals surface area contributed by atoms with Gasteiger partial charge < -0.3 is 14.2 Å². The van der Waals surface area contributed by atoms with Gasteiger partial charge in [-0.25, -0.2) is 0 Å². The summed E-state index contributed by atoms with van der Waals surface area (Å²) in [6.07, 6.45) is 0.771. The van der Waals surface area contributed by atoms with Gasteiger partial charge in [0.15, 0.2) is 11.5 Å². The van der Waals surface area contributed by atoms with Crippen molar-refractivity contribution in [2.75, 3.05) is 20.3 Å². The second-order valence-corrected chi connectivity index (χ2v) is 4.54. The van der Waals surface area contributed by atoms with Gasteiger partial charge >= 0.3 is 0 Å². The Morgan fingerprint density at radius 3 is 2.33 bits per heavy atom. The van der Waals surface area contributed by atoms with Crippen LogP contribution in [0.4, 0.5) is 0 Å². The number of carbonyl (C=O) groups excluding carboxylic acids is 1. The van der Waals surface area contributed by atoms with Crippen molar-refractivity contribution in [1.82, 2.24) is 0 Å². The van der Waals surface area contributed by atoms with Crippen LogP contribution in [0.1, 0.15) is 15.9 Å². The van der Waals surface area contributed by atoms with E-state index < -0.39 is 0 Å². The van der Waals surface area contributed by atoms with Crippen LogP contribution in [0.25, 0.3) is 0 Å². The van der Waals surface area contributed by atoms with Gasteiger partial charge in [-0.1, -0.05) is 17.7 Å². The smallest absolute Gasteiger partial charge is 0.161 e. The summed E-state index contributed by atoms with van der Waals surface area (Å²) in [5, 5.41) is 0. The van der Waals surface area contributed by atoms with E-state index >= 15 is 0 Å². The number of aryl methyl sites for hydroxylation is 1. The molecular weight excluding hydrogens is 268 g/mol. The van der Waals surface area contributed by atoms with Gasteiger partial charge in [-0.15, -0.1) is 0 Å². The molecule has 4 heteroatoms. The van der Waals surface area contributed by atoms with Crippen LogP contribution in [0.3, 0.4) is 0 Å². The van der Waals surface area contributed by atoms with E-state index in [2.05, 4.69) is 0 Å². The average Bonchev–Trinajstić information content (AvgIpc) is 2.53. The molecule has 4 nitrogen and oxygen atoms in total. The molecule has 2 aromatic rings. The summed E-state index contributed by atoms with van der Waals surface area (Å²) in [6, 6.07) is 12.9. The summed E-state index contributed by atoms with van der Waals surface area (Å²) in [7, 11) is 1.54. The van der Waals surface area contributed by atoms with Gasteiger partial charge in [-0.3, -0.25) is 4.79 Å². The Hall–Kier alpha value is -2.49. The molecule has 0 aliphatic rings. The monoisotopic (exact) mass is 286 g/mol. The minimum absolute atomic E-state index is 0.394. The lowest BCUT2D eigenvalue weighted by atomic mass is 10.2. The fourth-order valence-corrected chi connectivity index (χ4v) is 1.82. The number of carbonyl (C=O) groups is 1. The van der Waals surface area contributed by atoms with E-state index in [-0.39, 0.29) is 0 Å². The molecule has 2 rings (SSSR count). The average molecular weight is 286 g/mol. The molecular formula is C17H18O4. The molecule has 2 aromatic carbocycles. The number of rotatable bonds is 7.